The minimum Gasteiger partial charge on any atom is -0.306 e. The molecule has 0 aliphatic heterocycles. The second-order valence-corrected chi connectivity index (χ2v) is 6.38. The van der Waals surface area contributed by atoms with Crippen LogP contribution in [0.3, 0.4) is 0 Å². The van der Waals surface area contributed by atoms with E-state index >= 15 is 0 Å². The molecule has 2 heterocycles. The van der Waals surface area contributed by atoms with Crippen LogP contribution in [-0.4, -0.2) is 14.8 Å². The van der Waals surface area contributed by atoms with Crippen LogP contribution in [0.25, 0.3) is 0 Å². The molecule has 0 saturated carbocycles. The lowest BCUT2D eigenvalue weighted by atomic mass is 9.92. The van der Waals surface area contributed by atoms with E-state index in [1.54, 1.807) is 0 Å². The van der Waals surface area contributed by atoms with Crippen LogP contribution in [-0.2, 0) is 19.5 Å². The number of fused-ring (bicyclic) bond motifs is 1. The molecule has 4 rings (SSSR count). The maximum atomic E-state index is 4.66. The monoisotopic (exact) mass is 318 g/mol. The highest BCUT2D eigenvalue weighted by Gasteiger charge is 2.23. The molecular formula is C20H22N4. The van der Waals surface area contributed by atoms with Gasteiger partial charge in [-0.1, -0.05) is 36.4 Å². The summed E-state index contributed by atoms with van der Waals surface area (Å²) in [4.78, 5) is 4.19. The van der Waals surface area contributed by atoms with Crippen molar-refractivity contribution in [2.24, 2.45) is 0 Å². The minimum absolute atomic E-state index is 0.387. The van der Waals surface area contributed by atoms with E-state index in [1.165, 1.54) is 35.2 Å². The van der Waals surface area contributed by atoms with E-state index in [9.17, 15) is 0 Å². The van der Waals surface area contributed by atoms with Gasteiger partial charge in [-0.25, -0.2) is 0 Å². The van der Waals surface area contributed by atoms with Gasteiger partial charge in [-0.05, 0) is 36.5 Å². The predicted molar refractivity (Wildman–Crippen MR) is 94.5 cm³/mol. The normalized spacial score (nSPS) is 16.8. The second kappa shape index (κ2) is 6.97. The van der Waals surface area contributed by atoms with Crippen LogP contribution < -0.4 is 5.32 Å². The fraction of sp³-hybridized carbons (Fsp3) is 0.300. The van der Waals surface area contributed by atoms with Gasteiger partial charge < -0.3 is 5.32 Å². The van der Waals surface area contributed by atoms with Crippen LogP contribution in [0.4, 0.5) is 0 Å². The fourth-order valence-corrected chi connectivity index (χ4v) is 3.47. The Morgan fingerprint density at radius 1 is 1.04 bits per heavy atom. The largest absolute Gasteiger partial charge is 0.306 e. The van der Waals surface area contributed by atoms with Crippen molar-refractivity contribution in [3.63, 3.8) is 0 Å². The first-order chi connectivity index (χ1) is 11.9. The van der Waals surface area contributed by atoms with Crippen molar-refractivity contribution in [1.82, 2.24) is 20.1 Å². The Kier molecular flexibility index (Phi) is 4.38. The van der Waals surface area contributed by atoms with E-state index in [4.69, 9.17) is 0 Å². The van der Waals surface area contributed by atoms with E-state index in [1.807, 2.05) is 18.5 Å². The average Bonchev–Trinajstić information content (AvgIpc) is 3.05. The molecule has 4 nitrogen and oxygen atoms in total. The Morgan fingerprint density at radius 3 is 2.75 bits per heavy atom. The molecule has 0 fully saturated rings. The average molecular weight is 318 g/mol. The molecule has 4 heteroatoms. The predicted octanol–water partition coefficient (Wildman–Crippen LogP) is 3.49. The van der Waals surface area contributed by atoms with Gasteiger partial charge in [0.2, 0.25) is 0 Å². The SMILES string of the molecule is c1ccc(Cn2ncc3c2CCC[C@@H]3NCc2cccnc2)cc1. The van der Waals surface area contributed by atoms with Crippen LogP contribution in [0.5, 0.6) is 0 Å². The number of pyridine rings is 1. The van der Waals surface area contributed by atoms with Crippen LogP contribution in [0, 0.1) is 0 Å². The first-order valence-corrected chi connectivity index (χ1v) is 8.61. The molecule has 0 saturated heterocycles. The fourth-order valence-electron chi connectivity index (χ4n) is 3.47. The smallest absolute Gasteiger partial charge is 0.0662 e. The molecule has 0 radical (unpaired) electrons. The number of rotatable bonds is 5. The first-order valence-electron chi connectivity index (χ1n) is 8.61. The Balaban J connectivity index is 1.49. The Bertz CT molecular complexity index is 780. The number of aromatic nitrogens is 3. The maximum Gasteiger partial charge on any atom is 0.0662 e. The first kappa shape index (κ1) is 15.1. The molecule has 0 bridgehead atoms. The molecule has 0 spiro atoms. The Morgan fingerprint density at radius 2 is 1.92 bits per heavy atom. The highest BCUT2D eigenvalue weighted by atomic mass is 15.3. The highest BCUT2D eigenvalue weighted by Crippen LogP contribution is 2.30. The lowest BCUT2D eigenvalue weighted by Crippen LogP contribution is -2.25. The summed E-state index contributed by atoms with van der Waals surface area (Å²) in [6.07, 6.45) is 9.29. The van der Waals surface area contributed by atoms with Gasteiger partial charge in [0.1, 0.15) is 0 Å². The summed E-state index contributed by atoms with van der Waals surface area (Å²) in [5.74, 6) is 0. The van der Waals surface area contributed by atoms with E-state index in [0.29, 0.717) is 6.04 Å². The molecule has 1 aliphatic carbocycles. The molecule has 1 aromatic carbocycles. The molecule has 1 atom stereocenters. The van der Waals surface area contributed by atoms with Crippen LogP contribution in [0.15, 0.2) is 61.1 Å². The zero-order valence-electron chi connectivity index (χ0n) is 13.7. The van der Waals surface area contributed by atoms with Crippen molar-refractivity contribution >= 4 is 0 Å². The van der Waals surface area contributed by atoms with Gasteiger partial charge in [-0.3, -0.25) is 9.67 Å². The van der Waals surface area contributed by atoms with Gasteiger partial charge in [0.05, 0.1) is 12.7 Å². The number of benzene rings is 1. The number of nitrogens with zero attached hydrogens (tertiary/aromatic N) is 3. The van der Waals surface area contributed by atoms with Crippen LogP contribution in [0.1, 0.15) is 41.3 Å². The molecule has 0 unspecified atom stereocenters. The van der Waals surface area contributed by atoms with E-state index < -0.39 is 0 Å². The highest BCUT2D eigenvalue weighted by molar-refractivity contribution is 5.26. The zero-order valence-corrected chi connectivity index (χ0v) is 13.7. The second-order valence-electron chi connectivity index (χ2n) is 6.38. The van der Waals surface area contributed by atoms with Crippen LogP contribution >= 0.6 is 0 Å². The van der Waals surface area contributed by atoms with Gasteiger partial charge in [-0.2, -0.15) is 5.10 Å². The van der Waals surface area contributed by atoms with Crippen molar-refractivity contribution in [2.45, 2.75) is 38.4 Å². The molecular weight excluding hydrogens is 296 g/mol. The minimum atomic E-state index is 0.387. The standard InChI is InChI=1S/C20H22N4/c1-2-6-16(7-3-1)15-24-20-10-4-9-19(18(20)14-23-24)22-13-17-8-5-11-21-12-17/h1-3,5-8,11-12,14,19,22H,4,9-10,13,15H2/t19-/m0/s1. The van der Waals surface area contributed by atoms with Crippen molar-refractivity contribution in [3.8, 4) is 0 Å². The van der Waals surface area contributed by atoms with E-state index in [2.05, 4.69) is 62.7 Å². The Labute approximate surface area is 142 Å². The van der Waals surface area contributed by atoms with Crippen LogP contribution in [0.2, 0.25) is 0 Å². The zero-order chi connectivity index (χ0) is 16.2. The molecule has 1 aliphatic rings. The molecule has 2 aromatic heterocycles. The van der Waals surface area contributed by atoms with Gasteiger partial charge in [0.15, 0.2) is 0 Å². The van der Waals surface area contributed by atoms with Gasteiger partial charge in [0.25, 0.3) is 0 Å². The quantitative estimate of drug-likeness (QED) is 0.783. The summed E-state index contributed by atoms with van der Waals surface area (Å²) >= 11 is 0. The van der Waals surface area contributed by atoms with Crippen molar-refractivity contribution < 1.29 is 0 Å². The molecule has 24 heavy (non-hydrogen) atoms. The third-order valence-corrected chi connectivity index (χ3v) is 4.71. The summed E-state index contributed by atoms with van der Waals surface area (Å²) in [5, 5.41) is 8.34. The lowest BCUT2D eigenvalue weighted by Gasteiger charge is -2.24. The van der Waals surface area contributed by atoms with E-state index in [-0.39, 0.29) is 0 Å². The van der Waals surface area contributed by atoms with E-state index in [0.717, 1.165) is 19.5 Å². The third-order valence-electron chi connectivity index (χ3n) is 4.71. The summed E-state index contributed by atoms with van der Waals surface area (Å²) in [5.41, 5.74) is 5.27. The molecule has 3 aromatic rings. The number of hydrogen-bond acceptors (Lipinski definition) is 3. The molecule has 122 valence electrons. The number of hydrogen-bond donors (Lipinski definition) is 1. The van der Waals surface area contributed by atoms with Crippen molar-refractivity contribution in [1.29, 1.82) is 0 Å². The summed E-state index contributed by atoms with van der Waals surface area (Å²) < 4.78 is 2.17. The molecule has 1 N–H and O–H groups in total. The Hall–Kier alpha value is -2.46. The summed E-state index contributed by atoms with van der Waals surface area (Å²) in [7, 11) is 0. The summed E-state index contributed by atoms with van der Waals surface area (Å²) in [6, 6.07) is 15.0. The van der Waals surface area contributed by atoms with Gasteiger partial charge in [-0.15, -0.1) is 0 Å². The lowest BCUT2D eigenvalue weighted by molar-refractivity contribution is 0.449. The van der Waals surface area contributed by atoms with Crippen molar-refractivity contribution in [3.05, 3.63) is 83.4 Å². The maximum absolute atomic E-state index is 4.66. The van der Waals surface area contributed by atoms with Gasteiger partial charge in [0, 0.05) is 36.2 Å². The third kappa shape index (κ3) is 3.24. The number of nitrogens with one attached hydrogen (secondary N) is 1. The van der Waals surface area contributed by atoms with Crippen molar-refractivity contribution in [2.75, 3.05) is 0 Å². The van der Waals surface area contributed by atoms with Gasteiger partial charge >= 0.3 is 0 Å². The molecule has 0 amide bonds. The topological polar surface area (TPSA) is 42.7 Å². The summed E-state index contributed by atoms with van der Waals surface area (Å²) in [6.45, 7) is 1.70.